The van der Waals surface area contributed by atoms with Crippen molar-refractivity contribution in [1.82, 2.24) is 5.32 Å². The van der Waals surface area contributed by atoms with Crippen molar-refractivity contribution in [2.45, 2.75) is 0 Å². The molecule has 0 heterocycles. The lowest BCUT2D eigenvalue weighted by molar-refractivity contribution is 0.0835. The molecule has 1 aromatic carbocycles. The highest BCUT2D eigenvalue weighted by atomic mass is 79.9. The summed E-state index contributed by atoms with van der Waals surface area (Å²) < 4.78 is 18.7. The van der Waals surface area contributed by atoms with Gasteiger partial charge in [0.05, 0.1) is 25.4 Å². The number of aliphatic hydroxyl groups excluding tert-OH is 1. The van der Waals surface area contributed by atoms with Crippen LogP contribution in [0.3, 0.4) is 0 Å². The maximum atomic E-state index is 13.4. The molecule has 0 saturated heterocycles. The molecule has 0 atom stereocenters. The summed E-state index contributed by atoms with van der Waals surface area (Å²) in [5.41, 5.74) is -0.0188. The third-order valence-electron chi connectivity index (χ3n) is 1.96. The summed E-state index contributed by atoms with van der Waals surface area (Å²) in [7, 11) is 0. The summed E-state index contributed by atoms with van der Waals surface area (Å²) in [6.45, 7) is 0.698. The van der Waals surface area contributed by atoms with E-state index in [4.69, 9.17) is 9.84 Å². The number of ether oxygens (including phenoxy) is 1. The third-order valence-corrected chi connectivity index (χ3v) is 2.62. The van der Waals surface area contributed by atoms with Crippen LogP contribution < -0.4 is 5.32 Å². The molecule has 4 nitrogen and oxygen atoms in total. The molecule has 0 unspecified atom stereocenters. The first kappa shape index (κ1) is 14.1. The highest BCUT2D eigenvalue weighted by Crippen LogP contribution is 2.19. The number of benzene rings is 1. The van der Waals surface area contributed by atoms with Crippen molar-refractivity contribution in [3.63, 3.8) is 0 Å². The van der Waals surface area contributed by atoms with E-state index in [9.17, 15) is 9.18 Å². The third kappa shape index (κ3) is 4.41. The maximum Gasteiger partial charge on any atom is 0.255 e. The number of hydrogen-bond donors (Lipinski definition) is 2. The van der Waals surface area contributed by atoms with Crippen molar-refractivity contribution in [2.24, 2.45) is 0 Å². The van der Waals surface area contributed by atoms with Crippen molar-refractivity contribution in [2.75, 3.05) is 26.4 Å². The van der Waals surface area contributed by atoms with Gasteiger partial charge in [-0.05, 0) is 28.1 Å². The Morgan fingerprint density at radius 1 is 1.47 bits per heavy atom. The number of halogens is 2. The van der Waals surface area contributed by atoms with E-state index in [2.05, 4.69) is 21.2 Å². The summed E-state index contributed by atoms with van der Waals surface area (Å²) in [5.74, 6) is -1.07. The van der Waals surface area contributed by atoms with Gasteiger partial charge in [0.15, 0.2) is 0 Å². The Kier molecular flexibility index (Phi) is 6.10. The molecule has 1 aromatic rings. The summed E-state index contributed by atoms with van der Waals surface area (Å²) in [6.07, 6.45) is 0. The minimum atomic E-state index is -0.576. The molecule has 0 saturated carbocycles. The molecule has 17 heavy (non-hydrogen) atoms. The lowest BCUT2D eigenvalue weighted by Gasteiger charge is -2.07. The van der Waals surface area contributed by atoms with E-state index >= 15 is 0 Å². The molecule has 0 spiro atoms. The molecule has 6 heteroatoms. The Bertz CT molecular complexity index is 367. The van der Waals surface area contributed by atoms with Gasteiger partial charge in [0.25, 0.3) is 5.91 Å². The lowest BCUT2D eigenvalue weighted by Crippen LogP contribution is -2.28. The van der Waals surface area contributed by atoms with Gasteiger partial charge in [0.2, 0.25) is 0 Å². The molecule has 0 aliphatic carbocycles. The Morgan fingerprint density at radius 2 is 2.24 bits per heavy atom. The second-order valence-electron chi connectivity index (χ2n) is 3.19. The van der Waals surface area contributed by atoms with Crippen molar-refractivity contribution in [3.8, 4) is 0 Å². The van der Waals surface area contributed by atoms with Crippen molar-refractivity contribution in [1.29, 1.82) is 0 Å². The summed E-state index contributed by atoms with van der Waals surface area (Å²) >= 11 is 3.12. The fourth-order valence-electron chi connectivity index (χ4n) is 1.21. The molecule has 1 rings (SSSR count). The van der Waals surface area contributed by atoms with Crippen LogP contribution >= 0.6 is 15.9 Å². The summed E-state index contributed by atoms with van der Waals surface area (Å²) in [4.78, 5) is 11.6. The van der Waals surface area contributed by atoms with E-state index in [1.165, 1.54) is 12.1 Å². The topological polar surface area (TPSA) is 58.6 Å². The Labute approximate surface area is 107 Å². The number of hydrogen-bond acceptors (Lipinski definition) is 3. The molecule has 1 amide bonds. The predicted molar refractivity (Wildman–Crippen MR) is 64.3 cm³/mol. The zero-order valence-corrected chi connectivity index (χ0v) is 10.7. The maximum absolute atomic E-state index is 13.4. The van der Waals surface area contributed by atoms with E-state index in [0.29, 0.717) is 4.47 Å². The monoisotopic (exact) mass is 305 g/mol. The van der Waals surface area contributed by atoms with Gasteiger partial charge in [-0.1, -0.05) is 6.07 Å². The molecule has 94 valence electrons. The van der Waals surface area contributed by atoms with Crippen LogP contribution in [-0.2, 0) is 4.74 Å². The van der Waals surface area contributed by atoms with Crippen LogP contribution in [0.15, 0.2) is 22.7 Å². The average Bonchev–Trinajstić information content (AvgIpc) is 2.28. The first-order valence-electron chi connectivity index (χ1n) is 5.07. The Hall–Kier alpha value is -0.980. The highest BCUT2D eigenvalue weighted by molar-refractivity contribution is 9.10. The minimum absolute atomic E-state index is 0.0188. The van der Waals surface area contributed by atoms with Crippen molar-refractivity contribution < 1.29 is 19.0 Å². The van der Waals surface area contributed by atoms with E-state index in [-0.39, 0.29) is 31.9 Å². The number of carbonyl (C=O) groups excluding carboxylic acids is 1. The molecular weight excluding hydrogens is 293 g/mol. The summed E-state index contributed by atoms with van der Waals surface area (Å²) in [6, 6.07) is 4.34. The number of aliphatic hydroxyl groups is 1. The zero-order chi connectivity index (χ0) is 12.7. The van der Waals surface area contributed by atoms with Gasteiger partial charge in [0, 0.05) is 11.0 Å². The van der Waals surface area contributed by atoms with E-state index in [1.54, 1.807) is 6.07 Å². The van der Waals surface area contributed by atoms with Gasteiger partial charge in [-0.25, -0.2) is 4.39 Å². The van der Waals surface area contributed by atoms with Gasteiger partial charge in [-0.2, -0.15) is 0 Å². The quantitative estimate of drug-likeness (QED) is 0.780. The standard InChI is InChI=1S/C11H13BrFNO3/c12-8-2-1-3-9(13)10(8)11(16)14-4-6-17-7-5-15/h1-3,15H,4-7H2,(H,14,16). The fourth-order valence-corrected chi connectivity index (χ4v) is 1.73. The molecule has 0 bridgehead atoms. The summed E-state index contributed by atoms with van der Waals surface area (Å²) in [5, 5.41) is 11.0. The smallest absolute Gasteiger partial charge is 0.255 e. The van der Waals surface area contributed by atoms with E-state index in [1.807, 2.05) is 0 Å². The minimum Gasteiger partial charge on any atom is -0.394 e. The SMILES string of the molecule is O=C(NCCOCCO)c1c(F)cccc1Br. The second kappa shape index (κ2) is 7.37. The van der Waals surface area contributed by atoms with Gasteiger partial charge in [0.1, 0.15) is 5.82 Å². The van der Waals surface area contributed by atoms with Gasteiger partial charge < -0.3 is 15.2 Å². The first-order valence-corrected chi connectivity index (χ1v) is 5.87. The Balaban J connectivity index is 2.47. The van der Waals surface area contributed by atoms with E-state index < -0.39 is 11.7 Å². The molecule has 0 aromatic heterocycles. The largest absolute Gasteiger partial charge is 0.394 e. The predicted octanol–water partition coefficient (Wildman–Crippen LogP) is 1.33. The molecule has 0 aliphatic heterocycles. The highest BCUT2D eigenvalue weighted by Gasteiger charge is 2.14. The first-order chi connectivity index (χ1) is 8.16. The molecule has 2 N–H and O–H groups in total. The number of nitrogens with one attached hydrogen (secondary N) is 1. The molecule has 0 aliphatic rings. The van der Waals surface area contributed by atoms with Crippen LogP contribution in [0, 0.1) is 5.82 Å². The van der Waals surface area contributed by atoms with E-state index in [0.717, 1.165) is 0 Å². The number of amides is 1. The van der Waals surface area contributed by atoms with Crippen LogP contribution in [-0.4, -0.2) is 37.4 Å². The van der Waals surface area contributed by atoms with Gasteiger partial charge in [-0.15, -0.1) is 0 Å². The molecule has 0 radical (unpaired) electrons. The lowest BCUT2D eigenvalue weighted by atomic mass is 10.2. The van der Waals surface area contributed by atoms with Crippen molar-refractivity contribution in [3.05, 3.63) is 34.1 Å². The second-order valence-corrected chi connectivity index (χ2v) is 4.04. The molecular formula is C11H13BrFNO3. The van der Waals surface area contributed by atoms with Crippen LogP contribution in [0.5, 0.6) is 0 Å². The van der Waals surface area contributed by atoms with Crippen LogP contribution in [0.1, 0.15) is 10.4 Å². The van der Waals surface area contributed by atoms with Crippen LogP contribution in [0.4, 0.5) is 4.39 Å². The number of rotatable bonds is 6. The van der Waals surface area contributed by atoms with Crippen LogP contribution in [0.2, 0.25) is 0 Å². The zero-order valence-electron chi connectivity index (χ0n) is 9.08. The molecule has 0 fully saturated rings. The average molecular weight is 306 g/mol. The fraction of sp³-hybridized carbons (Fsp3) is 0.364. The Morgan fingerprint density at radius 3 is 2.88 bits per heavy atom. The van der Waals surface area contributed by atoms with Crippen LogP contribution in [0.25, 0.3) is 0 Å². The van der Waals surface area contributed by atoms with Gasteiger partial charge >= 0.3 is 0 Å². The normalized spacial score (nSPS) is 10.3. The van der Waals surface area contributed by atoms with Gasteiger partial charge in [-0.3, -0.25) is 4.79 Å². The number of carbonyl (C=O) groups is 1. The van der Waals surface area contributed by atoms with Crippen molar-refractivity contribution >= 4 is 21.8 Å².